The van der Waals surface area contributed by atoms with Gasteiger partial charge >= 0.3 is 0 Å². The van der Waals surface area contributed by atoms with E-state index in [1.807, 2.05) is 31.2 Å². The molecular formula is C15H21NO3S. The van der Waals surface area contributed by atoms with Gasteiger partial charge in [-0.2, -0.15) is 0 Å². The summed E-state index contributed by atoms with van der Waals surface area (Å²) in [7, 11) is 1.63. The van der Waals surface area contributed by atoms with E-state index >= 15 is 0 Å². The van der Waals surface area contributed by atoms with Crippen LogP contribution >= 0.6 is 11.8 Å². The summed E-state index contributed by atoms with van der Waals surface area (Å²) in [5.41, 5.74) is 0. The molecule has 0 aliphatic heterocycles. The standard InChI is InChI=1S/C15H21NO3S/c1-4-9-16-15(17)12(2)20-11-10-19-14-7-5-13(18-3)6-8-14/h4-8,12H,1,9-11H2,2-3H3,(H,16,17). The summed E-state index contributed by atoms with van der Waals surface area (Å²) in [6.07, 6.45) is 1.67. The molecule has 0 saturated carbocycles. The molecule has 1 amide bonds. The Balaban J connectivity index is 2.20. The predicted octanol–water partition coefficient (Wildman–Crippen LogP) is 2.50. The molecule has 1 unspecified atom stereocenters. The fourth-order valence-electron chi connectivity index (χ4n) is 1.45. The lowest BCUT2D eigenvalue weighted by Gasteiger charge is -2.11. The van der Waals surface area contributed by atoms with Crippen LogP contribution in [-0.2, 0) is 4.79 Å². The molecule has 0 heterocycles. The Bertz CT molecular complexity index is 420. The monoisotopic (exact) mass is 295 g/mol. The number of ether oxygens (including phenoxy) is 2. The number of rotatable bonds is 9. The molecule has 1 atom stereocenters. The highest BCUT2D eigenvalue weighted by molar-refractivity contribution is 8.00. The lowest BCUT2D eigenvalue weighted by Crippen LogP contribution is -2.31. The van der Waals surface area contributed by atoms with Gasteiger partial charge in [-0.3, -0.25) is 4.79 Å². The average molecular weight is 295 g/mol. The number of amides is 1. The number of carbonyl (C=O) groups excluding carboxylic acids is 1. The van der Waals surface area contributed by atoms with Crippen molar-refractivity contribution in [3.63, 3.8) is 0 Å². The molecule has 4 nitrogen and oxygen atoms in total. The maximum Gasteiger partial charge on any atom is 0.233 e. The van der Waals surface area contributed by atoms with Crippen molar-refractivity contribution in [2.24, 2.45) is 0 Å². The van der Waals surface area contributed by atoms with Crippen LogP contribution in [0.15, 0.2) is 36.9 Å². The topological polar surface area (TPSA) is 47.6 Å². The van der Waals surface area contributed by atoms with Gasteiger partial charge in [0.2, 0.25) is 5.91 Å². The molecule has 110 valence electrons. The molecule has 0 aliphatic carbocycles. The van der Waals surface area contributed by atoms with Gasteiger partial charge in [0.25, 0.3) is 0 Å². The van der Waals surface area contributed by atoms with Gasteiger partial charge in [-0.05, 0) is 31.2 Å². The second-order valence-electron chi connectivity index (χ2n) is 4.07. The first-order valence-corrected chi connectivity index (χ1v) is 7.49. The molecular weight excluding hydrogens is 274 g/mol. The van der Waals surface area contributed by atoms with Crippen molar-refractivity contribution in [3.8, 4) is 11.5 Å². The van der Waals surface area contributed by atoms with Crippen LogP contribution in [-0.4, -0.2) is 37.2 Å². The Kier molecular flexibility index (Phi) is 7.65. The molecule has 20 heavy (non-hydrogen) atoms. The van der Waals surface area contributed by atoms with Crippen LogP contribution in [0, 0.1) is 0 Å². The van der Waals surface area contributed by atoms with Gasteiger partial charge in [0, 0.05) is 12.3 Å². The summed E-state index contributed by atoms with van der Waals surface area (Å²) >= 11 is 1.57. The Morgan fingerprint density at radius 2 is 2.05 bits per heavy atom. The second-order valence-corrected chi connectivity index (χ2v) is 5.52. The van der Waals surface area contributed by atoms with E-state index in [1.54, 1.807) is 24.9 Å². The minimum Gasteiger partial charge on any atom is -0.497 e. The highest BCUT2D eigenvalue weighted by Crippen LogP contribution is 2.17. The Hall–Kier alpha value is -1.62. The molecule has 0 spiro atoms. The number of hydrogen-bond donors (Lipinski definition) is 1. The van der Waals surface area contributed by atoms with Crippen LogP contribution < -0.4 is 14.8 Å². The maximum atomic E-state index is 11.6. The highest BCUT2D eigenvalue weighted by atomic mass is 32.2. The number of methoxy groups -OCH3 is 1. The lowest BCUT2D eigenvalue weighted by atomic mass is 10.3. The molecule has 0 saturated heterocycles. The molecule has 0 bridgehead atoms. The number of nitrogens with one attached hydrogen (secondary N) is 1. The average Bonchev–Trinajstić information content (AvgIpc) is 2.49. The highest BCUT2D eigenvalue weighted by Gasteiger charge is 2.11. The maximum absolute atomic E-state index is 11.6. The van der Waals surface area contributed by atoms with Crippen molar-refractivity contribution < 1.29 is 14.3 Å². The molecule has 5 heteroatoms. The minimum absolute atomic E-state index is 0.0272. The van der Waals surface area contributed by atoms with E-state index in [0.717, 1.165) is 17.3 Å². The molecule has 0 fully saturated rings. The summed E-state index contributed by atoms with van der Waals surface area (Å²) in [6.45, 7) is 6.52. The summed E-state index contributed by atoms with van der Waals surface area (Å²) < 4.78 is 10.7. The van der Waals surface area contributed by atoms with E-state index in [4.69, 9.17) is 9.47 Å². The largest absolute Gasteiger partial charge is 0.497 e. The minimum atomic E-state index is -0.0885. The second kappa shape index (κ2) is 9.31. The Morgan fingerprint density at radius 1 is 1.40 bits per heavy atom. The zero-order chi connectivity index (χ0) is 14.8. The van der Waals surface area contributed by atoms with Crippen molar-refractivity contribution >= 4 is 17.7 Å². The van der Waals surface area contributed by atoms with Crippen molar-refractivity contribution in [2.75, 3.05) is 26.0 Å². The van der Waals surface area contributed by atoms with E-state index in [0.29, 0.717) is 13.2 Å². The zero-order valence-corrected chi connectivity index (χ0v) is 12.7. The van der Waals surface area contributed by atoms with E-state index < -0.39 is 0 Å². The van der Waals surface area contributed by atoms with Gasteiger partial charge in [-0.1, -0.05) is 6.08 Å². The van der Waals surface area contributed by atoms with E-state index in [1.165, 1.54) is 0 Å². The zero-order valence-electron chi connectivity index (χ0n) is 11.9. The molecule has 1 aromatic carbocycles. The quantitative estimate of drug-likeness (QED) is 0.562. The van der Waals surface area contributed by atoms with Crippen molar-refractivity contribution in [1.29, 1.82) is 0 Å². The van der Waals surface area contributed by atoms with Gasteiger partial charge in [0.15, 0.2) is 0 Å². The van der Waals surface area contributed by atoms with E-state index in [-0.39, 0.29) is 11.2 Å². The fraction of sp³-hybridized carbons (Fsp3) is 0.400. The van der Waals surface area contributed by atoms with Gasteiger partial charge in [-0.15, -0.1) is 18.3 Å². The summed E-state index contributed by atoms with van der Waals surface area (Å²) in [5.74, 6) is 2.39. The predicted molar refractivity (Wildman–Crippen MR) is 83.6 cm³/mol. The molecule has 1 N–H and O–H groups in total. The first-order chi connectivity index (χ1) is 9.67. The van der Waals surface area contributed by atoms with Crippen LogP contribution in [0.5, 0.6) is 11.5 Å². The van der Waals surface area contributed by atoms with E-state index in [2.05, 4.69) is 11.9 Å². The van der Waals surface area contributed by atoms with Crippen LogP contribution in [0.4, 0.5) is 0 Å². The van der Waals surface area contributed by atoms with Crippen LogP contribution in [0.25, 0.3) is 0 Å². The summed E-state index contributed by atoms with van der Waals surface area (Å²) in [5, 5.41) is 2.68. The number of thioether (sulfide) groups is 1. The van der Waals surface area contributed by atoms with Crippen LogP contribution in [0.2, 0.25) is 0 Å². The fourth-order valence-corrected chi connectivity index (χ4v) is 2.22. The van der Waals surface area contributed by atoms with Gasteiger partial charge in [0.05, 0.1) is 19.0 Å². The van der Waals surface area contributed by atoms with Crippen LogP contribution in [0.1, 0.15) is 6.92 Å². The molecule has 1 aromatic rings. The summed E-state index contributed by atoms with van der Waals surface area (Å²) in [4.78, 5) is 11.6. The number of hydrogen-bond acceptors (Lipinski definition) is 4. The van der Waals surface area contributed by atoms with Crippen molar-refractivity contribution in [3.05, 3.63) is 36.9 Å². The normalized spacial score (nSPS) is 11.5. The third-order valence-electron chi connectivity index (χ3n) is 2.57. The summed E-state index contributed by atoms with van der Waals surface area (Å²) in [6, 6.07) is 7.44. The number of benzene rings is 1. The van der Waals surface area contributed by atoms with E-state index in [9.17, 15) is 4.79 Å². The van der Waals surface area contributed by atoms with Gasteiger partial charge in [-0.25, -0.2) is 0 Å². The molecule has 1 rings (SSSR count). The lowest BCUT2D eigenvalue weighted by molar-refractivity contribution is -0.120. The SMILES string of the molecule is C=CCNC(=O)C(C)SCCOc1ccc(OC)cc1. The third kappa shape index (κ3) is 6.02. The molecule has 0 radical (unpaired) electrons. The molecule has 0 aliphatic rings. The smallest absolute Gasteiger partial charge is 0.233 e. The first kappa shape index (κ1) is 16.4. The third-order valence-corrected chi connectivity index (χ3v) is 3.69. The van der Waals surface area contributed by atoms with Gasteiger partial charge in [0.1, 0.15) is 11.5 Å². The van der Waals surface area contributed by atoms with Crippen molar-refractivity contribution in [1.82, 2.24) is 5.32 Å². The number of carbonyl (C=O) groups is 1. The first-order valence-electron chi connectivity index (χ1n) is 6.44. The van der Waals surface area contributed by atoms with Gasteiger partial charge < -0.3 is 14.8 Å². The Labute approximate surface area is 124 Å². The van der Waals surface area contributed by atoms with Crippen molar-refractivity contribution in [2.45, 2.75) is 12.2 Å². The Morgan fingerprint density at radius 3 is 2.65 bits per heavy atom. The van der Waals surface area contributed by atoms with Crippen LogP contribution in [0.3, 0.4) is 0 Å². The molecule has 0 aromatic heterocycles.